The van der Waals surface area contributed by atoms with Crippen molar-refractivity contribution in [1.82, 2.24) is 5.43 Å². The third-order valence-corrected chi connectivity index (χ3v) is 1.23. The minimum Gasteiger partial charge on any atom is -0.265 e. The van der Waals surface area contributed by atoms with Crippen molar-refractivity contribution in [3.8, 4) is 0 Å². The number of nitrogens with zero attached hydrogens (tertiary/aromatic N) is 2. The molecule has 0 bridgehead atoms. The van der Waals surface area contributed by atoms with Crippen LogP contribution in [-0.4, -0.2) is 25.2 Å². The van der Waals surface area contributed by atoms with Crippen LogP contribution < -0.4 is 5.43 Å². The Hall–Kier alpha value is -0.510. The molecule has 0 saturated heterocycles. The van der Waals surface area contributed by atoms with E-state index in [2.05, 4.69) is 22.2 Å². The van der Waals surface area contributed by atoms with Crippen LogP contribution in [0.25, 0.3) is 0 Å². The zero-order valence-electron chi connectivity index (χ0n) is 5.01. The fourth-order valence-corrected chi connectivity index (χ4v) is 0.593. The highest BCUT2D eigenvalue weighted by molar-refractivity contribution is 8.13. The molecule has 0 aromatic rings. The molecule has 46 valence electrons. The van der Waals surface area contributed by atoms with Crippen LogP contribution in [0.5, 0.6) is 0 Å². The van der Waals surface area contributed by atoms with Gasteiger partial charge in [0.15, 0.2) is 5.17 Å². The highest BCUT2D eigenvalue weighted by Crippen LogP contribution is 1.91. The third-order valence-electron chi connectivity index (χ3n) is 0.571. The van der Waals surface area contributed by atoms with Crippen molar-refractivity contribution in [1.29, 1.82) is 0 Å². The summed E-state index contributed by atoms with van der Waals surface area (Å²) < 4.78 is 0. The van der Waals surface area contributed by atoms with Gasteiger partial charge in [-0.15, -0.1) is 0 Å². The van der Waals surface area contributed by atoms with E-state index >= 15 is 0 Å². The number of hydrogen-bond acceptors (Lipinski definition) is 3. The van der Waals surface area contributed by atoms with Gasteiger partial charge in [-0.3, -0.25) is 10.4 Å². The Morgan fingerprint density at radius 2 is 2.38 bits per heavy atom. The summed E-state index contributed by atoms with van der Waals surface area (Å²) >= 11 is 1.50. The summed E-state index contributed by atoms with van der Waals surface area (Å²) in [6, 6.07) is 0. The summed E-state index contributed by atoms with van der Waals surface area (Å²) in [4.78, 5) is 3.83. The molecule has 4 heteroatoms. The van der Waals surface area contributed by atoms with Crippen molar-refractivity contribution in [3.63, 3.8) is 0 Å². The fourth-order valence-electron chi connectivity index (χ4n) is 0.255. The van der Waals surface area contributed by atoms with E-state index in [-0.39, 0.29) is 0 Å². The van der Waals surface area contributed by atoms with Crippen LogP contribution in [0.4, 0.5) is 0 Å². The van der Waals surface area contributed by atoms with Gasteiger partial charge in [0.25, 0.3) is 0 Å². The van der Waals surface area contributed by atoms with Gasteiger partial charge < -0.3 is 0 Å². The van der Waals surface area contributed by atoms with Crippen molar-refractivity contribution in [3.05, 3.63) is 0 Å². The standard InChI is InChI=1S/C4H9N3S/c1-5-4(8-3)7-6-2/h2H2,1,3H3,(H,5,7). The smallest absolute Gasteiger partial charge is 0.176 e. The molecular weight excluding hydrogens is 122 g/mol. The first-order valence-corrected chi connectivity index (χ1v) is 3.30. The van der Waals surface area contributed by atoms with Crippen molar-refractivity contribution in [2.45, 2.75) is 0 Å². The number of thioether (sulfide) groups is 1. The van der Waals surface area contributed by atoms with Crippen LogP contribution in [0.1, 0.15) is 0 Å². The van der Waals surface area contributed by atoms with Crippen LogP contribution in [0.2, 0.25) is 0 Å². The molecule has 0 unspecified atom stereocenters. The number of amidine groups is 1. The summed E-state index contributed by atoms with van der Waals surface area (Å²) in [5, 5.41) is 4.20. The van der Waals surface area contributed by atoms with E-state index < -0.39 is 0 Å². The predicted molar refractivity (Wildman–Crippen MR) is 39.6 cm³/mol. The number of nitrogens with one attached hydrogen (secondary N) is 1. The van der Waals surface area contributed by atoms with Gasteiger partial charge in [-0.05, 0) is 6.26 Å². The van der Waals surface area contributed by atoms with E-state index in [1.54, 1.807) is 7.05 Å². The van der Waals surface area contributed by atoms with Crippen LogP contribution in [0, 0.1) is 0 Å². The molecule has 0 rings (SSSR count). The highest BCUT2D eigenvalue weighted by atomic mass is 32.2. The maximum atomic E-state index is 3.83. The van der Waals surface area contributed by atoms with Gasteiger partial charge in [-0.2, -0.15) is 5.10 Å². The SMILES string of the molecule is C=NNC(=NC)SC. The second kappa shape index (κ2) is 4.64. The maximum absolute atomic E-state index is 3.83. The van der Waals surface area contributed by atoms with Gasteiger partial charge in [-0.25, -0.2) is 0 Å². The summed E-state index contributed by atoms with van der Waals surface area (Å²) in [7, 11) is 1.70. The second-order valence-electron chi connectivity index (χ2n) is 1.00. The summed E-state index contributed by atoms with van der Waals surface area (Å²) in [6.45, 7) is 3.24. The third kappa shape index (κ3) is 2.63. The Morgan fingerprint density at radius 1 is 1.75 bits per heavy atom. The average Bonchev–Trinajstić information content (AvgIpc) is 1.83. The molecule has 0 amide bonds. The molecule has 8 heavy (non-hydrogen) atoms. The fraction of sp³-hybridized carbons (Fsp3) is 0.500. The van der Waals surface area contributed by atoms with Gasteiger partial charge in [-0.1, -0.05) is 11.8 Å². The van der Waals surface area contributed by atoms with E-state index in [9.17, 15) is 0 Å². The second-order valence-corrected chi connectivity index (χ2v) is 1.80. The molecule has 0 spiro atoms. The average molecular weight is 131 g/mol. The summed E-state index contributed by atoms with van der Waals surface area (Å²) in [5.41, 5.74) is 2.61. The minimum atomic E-state index is 0.778. The monoisotopic (exact) mass is 131 g/mol. The van der Waals surface area contributed by atoms with Crippen LogP contribution >= 0.6 is 11.8 Å². The molecule has 3 nitrogen and oxygen atoms in total. The molecule has 0 fully saturated rings. The number of aliphatic imine (C=N–C) groups is 1. The maximum Gasteiger partial charge on any atom is 0.176 e. The van der Waals surface area contributed by atoms with E-state index in [0.717, 1.165) is 5.17 Å². The van der Waals surface area contributed by atoms with Crippen LogP contribution in [0.15, 0.2) is 10.1 Å². The lowest BCUT2D eigenvalue weighted by Crippen LogP contribution is -2.11. The van der Waals surface area contributed by atoms with E-state index in [1.165, 1.54) is 11.8 Å². The molecule has 0 aliphatic carbocycles. The Morgan fingerprint density at radius 3 is 2.50 bits per heavy atom. The van der Waals surface area contributed by atoms with Crippen molar-refractivity contribution in [2.24, 2.45) is 10.1 Å². The van der Waals surface area contributed by atoms with Gasteiger partial charge in [0.1, 0.15) is 0 Å². The van der Waals surface area contributed by atoms with Crippen LogP contribution in [0.3, 0.4) is 0 Å². The number of hydrazone groups is 1. The van der Waals surface area contributed by atoms with Crippen molar-refractivity contribution < 1.29 is 0 Å². The Labute approximate surface area is 53.3 Å². The first-order valence-electron chi connectivity index (χ1n) is 2.07. The first kappa shape index (κ1) is 7.49. The highest BCUT2D eigenvalue weighted by Gasteiger charge is 1.86. The number of hydrogen-bond donors (Lipinski definition) is 1. The van der Waals surface area contributed by atoms with Gasteiger partial charge in [0.2, 0.25) is 0 Å². The predicted octanol–water partition coefficient (Wildman–Crippen LogP) is 0.540. The van der Waals surface area contributed by atoms with Gasteiger partial charge >= 0.3 is 0 Å². The summed E-state index contributed by atoms with van der Waals surface area (Å²) in [5.74, 6) is 0. The normalized spacial score (nSPS) is 11.0. The molecule has 0 atom stereocenters. The topological polar surface area (TPSA) is 36.8 Å². The Kier molecular flexibility index (Phi) is 4.35. The molecule has 0 aromatic carbocycles. The van der Waals surface area contributed by atoms with Crippen molar-refractivity contribution >= 4 is 23.6 Å². The molecule has 0 aliphatic heterocycles. The quantitative estimate of drug-likeness (QED) is 0.320. The molecule has 0 heterocycles. The lowest BCUT2D eigenvalue weighted by molar-refractivity contribution is 1.05. The van der Waals surface area contributed by atoms with Crippen molar-refractivity contribution in [2.75, 3.05) is 13.3 Å². The molecule has 0 aromatic heterocycles. The Bertz CT molecular complexity index is 99.5. The van der Waals surface area contributed by atoms with E-state index in [0.29, 0.717) is 0 Å². The zero-order valence-corrected chi connectivity index (χ0v) is 5.83. The largest absolute Gasteiger partial charge is 0.265 e. The summed E-state index contributed by atoms with van der Waals surface area (Å²) in [6.07, 6.45) is 1.92. The minimum absolute atomic E-state index is 0.778. The zero-order chi connectivity index (χ0) is 6.41. The molecule has 0 aliphatic rings. The van der Waals surface area contributed by atoms with Gasteiger partial charge in [0.05, 0.1) is 0 Å². The van der Waals surface area contributed by atoms with E-state index in [1.807, 2.05) is 6.26 Å². The molecular formula is C4H9N3S. The lowest BCUT2D eigenvalue weighted by atomic mass is 11.2. The van der Waals surface area contributed by atoms with Crippen LogP contribution in [-0.2, 0) is 0 Å². The molecule has 0 saturated carbocycles. The molecule has 1 N–H and O–H groups in total. The van der Waals surface area contributed by atoms with E-state index in [4.69, 9.17) is 0 Å². The molecule has 0 radical (unpaired) electrons. The lowest BCUT2D eigenvalue weighted by Gasteiger charge is -1.95. The first-order chi connectivity index (χ1) is 3.85. The Balaban J connectivity index is 3.53. The van der Waals surface area contributed by atoms with Gasteiger partial charge in [0, 0.05) is 13.8 Å². The number of rotatable bonds is 1.